The largest absolute Gasteiger partial charge is 0.477 e. The van der Waals surface area contributed by atoms with Gasteiger partial charge >= 0.3 is 5.97 Å². The van der Waals surface area contributed by atoms with Gasteiger partial charge in [-0.15, -0.1) is 11.3 Å². The second kappa shape index (κ2) is 5.20. The smallest absolute Gasteiger partial charge is 0.347 e. The van der Waals surface area contributed by atoms with Crippen molar-refractivity contribution in [1.29, 1.82) is 0 Å². The van der Waals surface area contributed by atoms with Gasteiger partial charge in [-0.25, -0.2) is 13.2 Å². The minimum atomic E-state index is -3.70. The summed E-state index contributed by atoms with van der Waals surface area (Å²) in [5, 5.41) is 10.5. The Bertz CT molecular complexity index is 579. The SMILES string of the molecule is CN(C)C1CCN(S(=O)(=O)c2ccsc2C(=O)O)C1. The zero-order valence-corrected chi connectivity index (χ0v) is 12.4. The van der Waals surface area contributed by atoms with E-state index in [9.17, 15) is 13.2 Å². The van der Waals surface area contributed by atoms with Gasteiger partial charge < -0.3 is 10.0 Å². The van der Waals surface area contributed by atoms with Crippen LogP contribution in [0.25, 0.3) is 0 Å². The molecule has 106 valence electrons. The molecule has 0 amide bonds. The van der Waals surface area contributed by atoms with Gasteiger partial charge in [0.25, 0.3) is 0 Å². The minimum Gasteiger partial charge on any atom is -0.477 e. The Kier molecular flexibility index (Phi) is 3.95. The van der Waals surface area contributed by atoms with Crippen LogP contribution < -0.4 is 0 Å². The molecule has 1 saturated heterocycles. The highest BCUT2D eigenvalue weighted by Gasteiger charge is 2.36. The molecule has 0 saturated carbocycles. The fourth-order valence-electron chi connectivity index (χ4n) is 2.15. The lowest BCUT2D eigenvalue weighted by Gasteiger charge is -2.20. The maximum absolute atomic E-state index is 12.4. The zero-order valence-electron chi connectivity index (χ0n) is 10.7. The molecule has 8 heteroatoms. The van der Waals surface area contributed by atoms with Crippen LogP contribution in [0, 0.1) is 0 Å². The third-order valence-corrected chi connectivity index (χ3v) is 6.24. The number of hydrogen-bond donors (Lipinski definition) is 1. The van der Waals surface area contributed by atoms with E-state index in [0.717, 1.165) is 17.8 Å². The van der Waals surface area contributed by atoms with Crippen LogP contribution in [0.4, 0.5) is 0 Å². The molecule has 0 radical (unpaired) electrons. The van der Waals surface area contributed by atoms with Gasteiger partial charge in [0.15, 0.2) is 0 Å². The van der Waals surface area contributed by atoms with E-state index in [4.69, 9.17) is 5.11 Å². The third-order valence-electron chi connectivity index (χ3n) is 3.30. The first-order chi connectivity index (χ1) is 8.84. The Morgan fingerprint density at radius 3 is 2.74 bits per heavy atom. The van der Waals surface area contributed by atoms with Crippen molar-refractivity contribution in [3.05, 3.63) is 16.3 Å². The topological polar surface area (TPSA) is 77.9 Å². The molecule has 2 rings (SSSR count). The number of carboxylic acids is 1. The highest BCUT2D eigenvalue weighted by atomic mass is 32.2. The van der Waals surface area contributed by atoms with Crippen molar-refractivity contribution in [3.63, 3.8) is 0 Å². The summed E-state index contributed by atoms with van der Waals surface area (Å²) >= 11 is 0.935. The van der Waals surface area contributed by atoms with E-state index in [1.165, 1.54) is 15.8 Å². The monoisotopic (exact) mass is 304 g/mol. The number of carbonyl (C=O) groups is 1. The zero-order chi connectivity index (χ0) is 14.2. The Hall–Kier alpha value is -0.960. The molecule has 1 fully saturated rings. The first-order valence-corrected chi connectivity index (χ1v) is 8.13. The predicted octanol–water partition coefficient (Wildman–Crippen LogP) is 0.771. The molecule has 0 aromatic carbocycles. The number of sulfonamides is 1. The summed E-state index contributed by atoms with van der Waals surface area (Å²) in [4.78, 5) is 12.8. The van der Waals surface area contributed by atoms with E-state index in [1.807, 2.05) is 19.0 Å². The van der Waals surface area contributed by atoms with Crippen molar-refractivity contribution in [2.45, 2.75) is 17.4 Å². The molecule has 1 aromatic rings. The van der Waals surface area contributed by atoms with Gasteiger partial charge in [0, 0.05) is 19.1 Å². The summed E-state index contributed by atoms with van der Waals surface area (Å²) in [6.45, 7) is 0.838. The van der Waals surface area contributed by atoms with Gasteiger partial charge in [-0.2, -0.15) is 4.31 Å². The fourth-order valence-corrected chi connectivity index (χ4v) is 4.87. The lowest BCUT2D eigenvalue weighted by Crippen LogP contribution is -2.34. The van der Waals surface area contributed by atoms with Crippen molar-refractivity contribution in [2.75, 3.05) is 27.2 Å². The third kappa shape index (κ3) is 2.66. The van der Waals surface area contributed by atoms with Gasteiger partial charge in [-0.1, -0.05) is 0 Å². The number of rotatable bonds is 4. The van der Waals surface area contributed by atoms with Crippen LogP contribution in [-0.2, 0) is 10.0 Å². The van der Waals surface area contributed by atoms with Gasteiger partial charge in [0.1, 0.15) is 9.77 Å². The van der Waals surface area contributed by atoms with E-state index in [-0.39, 0.29) is 15.8 Å². The maximum atomic E-state index is 12.4. The van der Waals surface area contributed by atoms with Gasteiger partial charge in [-0.3, -0.25) is 0 Å². The molecular weight excluding hydrogens is 288 g/mol. The molecule has 2 heterocycles. The van der Waals surface area contributed by atoms with Crippen molar-refractivity contribution < 1.29 is 18.3 Å². The van der Waals surface area contributed by atoms with Crippen LogP contribution in [0.5, 0.6) is 0 Å². The van der Waals surface area contributed by atoms with Crippen molar-refractivity contribution in [2.24, 2.45) is 0 Å². The summed E-state index contributed by atoms with van der Waals surface area (Å²) in [5.74, 6) is -1.20. The minimum absolute atomic E-state index is 0.0931. The van der Waals surface area contributed by atoms with E-state index < -0.39 is 16.0 Å². The number of hydrogen-bond acceptors (Lipinski definition) is 5. The summed E-state index contributed by atoms with van der Waals surface area (Å²) in [7, 11) is 0.120. The Morgan fingerprint density at radius 1 is 1.53 bits per heavy atom. The summed E-state index contributed by atoms with van der Waals surface area (Å²) in [5.41, 5.74) is 0. The lowest BCUT2D eigenvalue weighted by molar-refractivity contribution is 0.0698. The molecule has 1 unspecified atom stereocenters. The molecular formula is C11H16N2O4S2. The van der Waals surface area contributed by atoms with Gasteiger partial charge in [0.2, 0.25) is 10.0 Å². The lowest BCUT2D eigenvalue weighted by atomic mass is 10.2. The van der Waals surface area contributed by atoms with E-state index >= 15 is 0 Å². The normalized spacial score (nSPS) is 21.1. The maximum Gasteiger partial charge on any atom is 0.347 e. The predicted molar refractivity (Wildman–Crippen MR) is 72.1 cm³/mol. The molecule has 0 spiro atoms. The van der Waals surface area contributed by atoms with Gasteiger partial charge in [-0.05, 0) is 32.0 Å². The quantitative estimate of drug-likeness (QED) is 0.889. The van der Waals surface area contributed by atoms with Crippen LogP contribution in [0.1, 0.15) is 16.1 Å². The molecule has 0 aliphatic carbocycles. The summed E-state index contributed by atoms with van der Waals surface area (Å²) in [6.07, 6.45) is 0.763. The Labute approximate surface area is 116 Å². The molecule has 1 aromatic heterocycles. The number of nitrogens with zero attached hydrogens (tertiary/aromatic N) is 2. The van der Waals surface area contributed by atoms with Crippen LogP contribution in [0.2, 0.25) is 0 Å². The second-order valence-corrected chi connectivity index (χ2v) is 7.51. The molecule has 1 aliphatic heterocycles. The highest BCUT2D eigenvalue weighted by Crippen LogP contribution is 2.28. The summed E-state index contributed by atoms with van der Waals surface area (Å²) < 4.78 is 26.2. The van der Waals surface area contributed by atoms with Crippen LogP contribution >= 0.6 is 11.3 Å². The van der Waals surface area contributed by atoms with Gasteiger partial charge in [0.05, 0.1) is 0 Å². The van der Waals surface area contributed by atoms with Crippen molar-refractivity contribution >= 4 is 27.3 Å². The van der Waals surface area contributed by atoms with Crippen molar-refractivity contribution in [1.82, 2.24) is 9.21 Å². The van der Waals surface area contributed by atoms with Crippen LogP contribution in [0.3, 0.4) is 0 Å². The highest BCUT2D eigenvalue weighted by molar-refractivity contribution is 7.89. The van der Waals surface area contributed by atoms with E-state index in [0.29, 0.717) is 13.1 Å². The summed E-state index contributed by atoms with van der Waals surface area (Å²) in [6, 6.07) is 1.55. The van der Waals surface area contributed by atoms with Crippen molar-refractivity contribution in [3.8, 4) is 0 Å². The molecule has 1 atom stereocenters. The van der Waals surface area contributed by atoms with E-state index in [2.05, 4.69) is 0 Å². The molecule has 1 N–H and O–H groups in total. The number of aromatic carboxylic acids is 1. The molecule has 1 aliphatic rings. The number of thiophene rings is 1. The first-order valence-electron chi connectivity index (χ1n) is 5.81. The van der Waals surface area contributed by atoms with Crippen LogP contribution in [-0.4, -0.2) is 61.9 Å². The molecule has 0 bridgehead atoms. The average molecular weight is 304 g/mol. The Morgan fingerprint density at radius 2 is 2.21 bits per heavy atom. The first kappa shape index (κ1) is 14.4. The Balaban J connectivity index is 2.29. The second-order valence-electron chi connectivity index (χ2n) is 4.69. The number of carboxylic acid groups (broad SMARTS) is 1. The molecule has 6 nitrogen and oxygen atoms in total. The fraction of sp³-hybridized carbons (Fsp3) is 0.545. The van der Waals surface area contributed by atoms with Crippen LogP contribution in [0.15, 0.2) is 16.3 Å². The van der Waals surface area contributed by atoms with E-state index in [1.54, 1.807) is 0 Å². The molecule has 19 heavy (non-hydrogen) atoms. The standard InChI is InChI=1S/C11H16N2O4S2/c1-12(2)8-3-5-13(7-8)19(16,17)9-4-6-18-10(9)11(14)15/h4,6,8H,3,5,7H2,1-2H3,(H,14,15). The number of likely N-dealkylation sites (N-methyl/N-ethyl adjacent to an activating group) is 1. The average Bonchev–Trinajstić information content (AvgIpc) is 2.98.